The van der Waals surface area contributed by atoms with Crippen LogP contribution in [-0.4, -0.2) is 39.7 Å². The Bertz CT molecular complexity index is 664. The molecule has 0 spiro atoms. The maximum absolute atomic E-state index is 12.2. The van der Waals surface area contributed by atoms with Crippen molar-refractivity contribution < 1.29 is 17.3 Å². The fraction of sp³-hybridized carbons (Fsp3) is 0.786. The Labute approximate surface area is 215 Å². The van der Waals surface area contributed by atoms with E-state index in [-0.39, 0.29) is 17.6 Å². The van der Waals surface area contributed by atoms with Gasteiger partial charge in [0.15, 0.2) is 0 Å². The number of hydrogen-bond donors (Lipinski definition) is 0. The lowest BCUT2D eigenvalue weighted by Crippen LogP contribution is -2.23. The molecule has 4 nitrogen and oxygen atoms in total. The minimum absolute atomic E-state index is 0.0552. The van der Waals surface area contributed by atoms with Crippen LogP contribution in [0.15, 0.2) is 35.2 Å². The molecule has 0 aromatic heterocycles. The van der Waals surface area contributed by atoms with Crippen molar-refractivity contribution in [3.05, 3.63) is 30.3 Å². The first-order chi connectivity index (χ1) is 16.6. The van der Waals surface area contributed by atoms with E-state index in [1.54, 1.807) is 37.4 Å². The Morgan fingerprint density at radius 3 is 1.68 bits per heavy atom. The van der Waals surface area contributed by atoms with Gasteiger partial charge in [0.25, 0.3) is 10.1 Å². The van der Waals surface area contributed by atoms with Gasteiger partial charge < -0.3 is 4.74 Å². The van der Waals surface area contributed by atoms with Crippen molar-refractivity contribution in [3.8, 4) is 0 Å². The molecule has 1 rings (SSSR count). The fourth-order valence-corrected chi connectivity index (χ4v) is 6.00. The van der Waals surface area contributed by atoms with Gasteiger partial charge in [-0.2, -0.15) is 20.2 Å². The summed E-state index contributed by atoms with van der Waals surface area (Å²) in [6.07, 6.45) is 21.9. The Balaban J connectivity index is 1.89. The third kappa shape index (κ3) is 17.0. The zero-order valence-corrected chi connectivity index (χ0v) is 23.5. The number of ether oxygens (including phenoxy) is 1. The lowest BCUT2D eigenvalue weighted by Gasteiger charge is -2.15. The van der Waals surface area contributed by atoms with Crippen LogP contribution >= 0.6 is 11.8 Å². The second kappa shape index (κ2) is 21.7. The molecule has 0 saturated carbocycles. The molecule has 0 aliphatic rings. The van der Waals surface area contributed by atoms with Gasteiger partial charge in [-0.1, -0.05) is 121 Å². The molecule has 198 valence electrons. The van der Waals surface area contributed by atoms with Crippen LogP contribution in [0.5, 0.6) is 0 Å². The molecule has 1 aromatic carbocycles. The molecule has 0 saturated heterocycles. The highest BCUT2D eigenvalue weighted by Crippen LogP contribution is 2.16. The van der Waals surface area contributed by atoms with Crippen LogP contribution in [0.3, 0.4) is 0 Å². The minimum atomic E-state index is -3.72. The highest BCUT2D eigenvalue weighted by molar-refractivity contribution is 7.99. The van der Waals surface area contributed by atoms with Crippen molar-refractivity contribution in [2.45, 2.75) is 121 Å². The molecule has 1 aromatic rings. The summed E-state index contributed by atoms with van der Waals surface area (Å²) in [4.78, 5) is 0.186. The maximum Gasteiger partial charge on any atom is 0.297 e. The van der Waals surface area contributed by atoms with E-state index in [1.807, 2.05) is 11.8 Å². The van der Waals surface area contributed by atoms with Crippen LogP contribution in [0.2, 0.25) is 0 Å². The summed E-state index contributed by atoms with van der Waals surface area (Å²) in [5.74, 6) is 1.84. The molecule has 0 radical (unpaired) electrons. The molecule has 1 unspecified atom stereocenters. The number of rotatable bonds is 24. The molecular formula is C28H50O4S2. The Morgan fingerprint density at radius 1 is 0.735 bits per heavy atom. The first-order valence-corrected chi connectivity index (χ1v) is 16.2. The molecule has 0 fully saturated rings. The summed E-state index contributed by atoms with van der Waals surface area (Å²) in [7, 11) is -2.11. The van der Waals surface area contributed by atoms with Crippen molar-refractivity contribution >= 4 is 21.9 Å². The lowest BCUT2D eigenvalue weighted by atomic mass is 10.0. The molecule has 0 amide bonds. The van der Waals surface area contributed by atoms with Gasteiger partial charge in [0.2, 0.25) is 0 Å². The van der Waals surface area contributed by atoms with E-state index in [0.717, 1.165) is 11.5 Å². The summed E-state index contributed by atoms with van der Waals surface area (Å²) in [6.45, 7) is 2.34. The normalized spacial score (nSPS) is 12.8. The minimum Gasteiger partial charge on any atom is -0.378 e. The number of hydrogen-bond acceptors (Lipinski definition) is 5. The van der Waals surface area contributed by atoms with Gasteiger partial charge in [0, 0.05) is 12.9 Å². The van der Waals surface area contributed by atoms with Crippen LogP contribution in [0, 0.1) is 0 Å². The summed E-state index contributed by atoms with van der Waals surface area (Å²) < 4.78 is 35.0. The third-order valence-corrected chi connectivity index (χ3v) is 8.70. The predicted octanol–water partition coefficient (Wildman–Crippen LogP) is 8.40. The zero-order valence-electron chi connectivity index (χ0n) is 21.8. The molecule has 0 heterocycles. The molecular weight excluding hydrogens is 464 g/mol. The van der Waals surface area contributed by atoms with Gasteiger partial charge in [-0.25, -0.2) is 0 Å². The van der Waals surface area contributed by atoms with Crippen molar-refractivity contribution in [1.82, 2.24) is 0 Å². The lowest BCUT2D eigenvalue weighted by molar-refractivity contribution is 0.0773. The van der Waals surface area contributed by atoms with Crippen molar-refractivity contribution in [1.29, 1.82) is 0 Å². The highest BCUT2D eigenvalue weighted by Gasteiger charge is 2.18. The topological polar surface area (TPSA) is 52.6 Å². The number of benzene rings is 1. The van der Waals surface area contributed by atoms with Gasteiger partial charge in [0.05, 0.1) is 17.6 Å². The predicted molar refractivity (Wildman–Crippen MR) is 147 cm³/mol. The molecule has 0 N–H and O–H groups in total. The van der Waals surface area contributed by atoms with Gasteiger partial charge in [0.1, 0.15) is 0 Å². The van der Waals surface area contributed by atoms with E-state index in [2.05, 4.69) is 6.92 Å². The quantitative estimate of drug-likeness (QED) is 0.102. The van der Waals surface area contributed by atoms with E-state index in [9.17, 15) is 8.42 Å². The average molecular weight is 515 g/mol. The number of unbranched alkanes of at least 4 members (excludes halogenated alkanes) is 15. The van der Waals surface area contributed by atoms with Crippen LogP contribution in [0.4, 0.5) is 0 Å². The van der Waals surface area contributed by atoms with E-state index >= 15 is 0 Å². The van der Waals surface area contributed by atoms with Crippen molar-refractivity contribution in [2.75, 3.05) is 25.2 Å². The Hall–Kier alpha value is -0.560. The summed E-state index contributed by atoms with van der Waals surface area (Å²) in [5.41, 5.74) is 0. The summed E-state index contributed by atoms with van der Waals surface area (Å²) >= 11 is 1.82. The fourth-order valence-electron chi connectivity index (χ4n) is 3.97. The zero-order chi connectivity index (χ0) is 24.7. The monoisotopic (exact) mass is 514 g/mol. The second-order valence-electron chi connectivity index (χ2n) is 9.29. The molecule has 0 aliphatic heterocycles. The number of methoxy groups -OCH3 is 1. The first-order valence-electron chi connectivity index (χ1n) is 13.6. The van der Waals surface area contributed by atoms with Gasteiger partial charge in [-0.05, 0) is 24.3 Å². The van der Waals surface area contributed by atoms with Gasteiger partial charge in [-0.3, -0.25) is 4.18 Å². The van der Waals surface area contributed by atoms with Gasteiger partial charge in [-0.15, -0.1) is 0 Å². The van der Waals surface area contributed by atoms with Crippen LogP contribution in [-0.2, 0) is 19.0 Å². The molecule has 34 heavy (non-hydrogen) atoms. The van der Waals surface area contributed by atoms with E-state index < -0.39 is 10.1 Å². The first kappa shape index (κ1) is 31.5. The maximum atomic E-state index is 12.2. The summed E-state index contributed by atoms with van der Waals surface area (Å²) in [5, 5.41) is 0. The SMILES string of the molecule is CCCCCCCCCCCCCCCCCCSCC(COS(=O)(=O)c1ccccc1)OC. The molecule has 6 heteroatoms. The van der Waals surface area contributed by atoms with Crippen LogP contribution in [0.1, 0.15) is 110 Å². The van der Waals surface area contributed by atoms with E-state index in [0.29, 0.717) is 0 Å². The Kier molecular flexibility index (Phi) is 20.1. The second-order valence-corrected chi connectivity index (χ2v) is 12.1. The van der Waals surface area contributed by atoms with E-state index in [4.69, 9.17) is 8.92 Å². The molecule has 0 aliphatic carbocycles. The van der Waals surface area contributed by atoms with Crippen molar-refractivity contribution in [2.24, 2.45) is 0 Å². The molecule has 0 bridgehead atoms. The number of thioether (sulfide) groups is 1. The standard InChI is InChI=1S/C28H50O4S2/c1-3-4-5-6-7-8-9-10-11-12-13-14-15-16-17-21-24-33-26-27(31-2)25-32-34(29,30)28-22-19-18-20-23-28/h18-20,22-23,27H,3-17,21,24-26H2,1-2H3. The Morgan fingerprint density at radius 2 is 1.21 bits per heavy atom. The highest BCUT2D eigenvalue weighted by atomic mass is 32.2. The molecule has 1 atom stereocenters. The third-order valence-electron chi connectivity index (χ3n) is 6.22. The summed E-state index contributed by atoms with van der Waals surface area (Å²) in [6, 6.07) is 8.26. The van der Waals surface area contributed by atoms with Crippen molar-refractivity contribution in [3.63, 3.8) is 0 Å². The van der Waals surface area contributed by atoms with E-state index in [1.165, 1.54) is 103 Å². The smallest absolute Gasteiger partial charge is 0.297 e. The van der Waals surface area contributed by atoms with Crippen LogP contribution < -0.4 is 0 Å². The largest absolute Gasteiger partial charge is 0.378 e. The average Bonchev–Trinajstić information content (AvgIpc) is 2.85. The van der Waals surface area contributed by atoms with Crippen LogP contribution in [0.25, 0.3) is 0 Å². The van der Waals surface area contributed by atoms with Gasteiger partial charge >= 0.3 is 0 Å².